The van der Waals surface area contributed by atoms with Gasteiger partial charge in [0.15, 0.2) is 0 Å². The molecule has 0 aromatic rings. The van der Waals surface area contributed by atoms with E-state index in [0.717, 1.165) is 12.0 Å². The Kier molecular flexibility index (Phi) is 7.58. The second-order valence-electron chi connectivity index (χ2n) is 3.59. The average molecular weight is 171 g/mol. The molecule has 1 fully saturated rings. The van der Waals surface area contributed by atoms with Gasteiger partial charge < -0.3 is 5.32 Å². The van der Waals surface area contributed by atoms with E-state index in [-0.39, 0.29) is 0 Å². The highest BCUT2D eigenvalue weighted by molar-refractivity contribution is 4.78. The molecular weight excluding hydrogens is 146 g/mol. The summed E-state index contributed by atoms with van der Waals surface area (Å²) >= 11 is 0. The van der Waals surface area contributed by atoms with Gasteiger partial charge in [0.2, 0.25) is 0 Å². The minimum absolute atomic E-state index is 0.843. The molecule has 0 aromatic heterocycles. The first kappa shape index (κ1) is 12.0. The summed E-state index contributed by atoms with van der Waals surface area (Å²) in [6.45, 7) is 9.84. The van der Waals surface area contributed by atoms with E-state index >= 15 is 0 Å². The minimum atomic E-state index is 0.843. The molecule has 1 rings (SSSR count). The van der Waals surface area contributed by atoms with E-state index in [1.165, 1.54) is 32.2 Å². The van der Waals surface area contributed by atoms with Crippen LogP contribution in [0.5, 0.6) is 0 Å². The Morgan fingerprint density at radius 2 is 2.00 bits per heavy atom. The van der Waals surface area contributed by atoms with Gasteiger partial charge in [-0.05, 0) is 25.3 Å². The van der Waals surface area contributed by atoms with E-state index in [1.807, 2.05) is 13.8 Å². The third kappa shape index (κ3) is 4.76. The van der Waals surface area contributed by atoms with E-state index < -0.39 is 0 Å². The quantitative estimate of drug-likeness (QED) is 0.687. The molecule has 0 amide bonds. The van der Waals surface area contributed by atoms with Crippen molar-refractivity contribution in [3.63, 3.8) is 0 Å². The maximum atomic E-state index is 3.54. The van der Waals surface area contributed by atoms with E-state index in [2.05, 4.69) is 19.2 Å². The molecule has 1 N–H and O–H groups in total. The lowest BCUT2D eigenvalue weighted by Gasteiger charge is -2.07. The molecule has 1 saturated heterocycles. The molecule has 0 bridgehead atoms. The zero-order valence-corrected chi connectivity index (χ0v) is 9.19. The smallest absolute Gasteiger partial charge is 0.00701 e. The largest absolute Gasteiger partial charge is 0.314 e. The molecule has 1 heteroatoms. The summed E-state index contributed by atoms with van der Waals surface area (Å²) in [7, 11) is 0. The Hall–Kier alpha value is -0.0400. The lowest BCUT2D eigenvalue weighted by molar-refractivity contribution is 0.520. The van der Waals surface area contributed by atoms with Crippen molar-refractivity contribution < 1.29 is 0 Å². The number of nitrogens with one attached hydrogen (secondary N) is 1. The van der Waals surface area contributed by atoms with Crippen LogP contribution in [0.4, 0.5) is 0 Å². The predicted molar refractivity (Wildman–Crippen MR) is 56.4 cm³/mol. The summed E-state index contributed by atoms with van der Waals surface area (Å²) in [6.07, 6.45) is 5.53. The molecule has 1 aliphatic heterocycles. The van der Waals surface area contributed by atoms with Crippen molar-refractivity contribution in [2.24, 2.45) is 5.92 Å². The summed E-state index contributed by atoms with van der Waals surface area (Å²) in [5.41, 5.74) is 0. The van der Waals surface area contributed by atoms with Crippen LogP contribution in [0.25, 0.3) is 0 Å². The van der Waals surface area contributed by atoms with Crippen molar-refractivity contribution in [3.05, 3.63) is 0 Å². The molecule has 74 valence electrons. The van der Waals surface area contributed by atoms with Crippen LogP contribution in [0.3, 0.4) is 0 Å². The summed E-state index contributed by atoms with van der Waals surface area (Å²) in [6, 6.07) is 0.843. The highest BCUT2D eigenvalue weighted by Crippen LogP contribution is 2.16. The number of hydrogen-bond acceptors (Lipinski definition) is 1. The van der Waals surface area contributed by atoms with Gasteiger partial charge in [-0.3, -0.25) is 0 Å². The van der Waals surface area contributed by atoms with Crippen LogP contribution in [0.1, 0.15) is 53.4 Å². The topological polar surface area (TPSA) is 12.0 Å². The van der Waals surface area contributed by atoms with Crippen molar-refractivity contribution >= 4 is 0 Å². The Morgan fingerprint density at radius 3 is 2.42 bits per heavy atom. The van der Waals surface area contributed by atoms with Crippen LogP contribution < -0.4 is 5.32 Å². The Morgan fingerprint density at radius 1 is 1.33 bits per heavy atom. The molecule has 2 atom stereocenters. The SMILES string of the molecule is CC.CCCCC1CC(C)CN1. The van der Waals surface area contributed by atoms with Crippen LogP contribution in [0.2, 0.25) is 0 Å². The normalized spacial score (nSPS) is 28.0. The van der Waals surface area contributed by atoms with Gasteiger partial charge in [-0.15, -0.1) is 0 Å². The van der Waals surface area contributed by atoms with Crippen molar-refractivity contribution in [2.45, 2.75) is 59.4 Å². The maximum Gasteiger partial charge on any atom is 0.00701 e. The second-order valence-corrected chi connectivity index (χ2v) is 3.59. The van der Waals surface area contributed by atoms with Gasteiger partial charge in [0.1, 0.15) is 0 Å². The Labute approximate surface area is 77.9 Å². The van der Waals surface area contributed by atoms with Gasteiger partial charge in [0.05, 0.1) is 0 Å². The molecule has 0 spiro atoms. The van der Waals surface area contributed by atoms with Crippen molar-refractivity contribution in [2.75, 3.05) is 6.54 Å². The zero-order valence-electron chi connectivity index (χ0n) is 9.19. The predicted octanol–water partition coefficient (Wildman–Crippen LogP) is 3.20. The van der Waals surface area contributed by atoms with Crippen LogP contribution in [0, 0.1) is 5.92 Å². The first-order valence-corrected chi connectivity index (χ1v) is 5.56. The van der Waals surface area contributed by atoms with E-state index in [1.54, 1.807) is 0 Å². The maximum absolute atomic E-state index is 3.54. The molecule has 1 heterocycles. The van der Waals surface area contributed by atoms with E-state index in [4.69, 9.17) is 0 Å². The van der Waals surface area contributed by atoms with Gasteiger partial charge in [-0.25, -0.2) is 0 Å². The number of hydrogen-bond donors (Lipinski definition) is 1. The summed E-state index contributed by atoms with van der Waals surface area (Å²) < 4.78 is 0. The first-order valence-electron chi connectivity index (χ1n) is 5.56. The Balaban J connectivity index is 0.000000561. The van der Waals surface area contributed by atoms with Crippen LogP contribution in [-0.4, -0.2) is 12.6 Å². The van der Waals surface area contributed by atoms with Crippen molar-refractivity contribution in [1.29, 1.82) is 0 Å². The second kappa shape index (κ2) is 7.60. The van der Waals surface area contributed by atoms with Gasteiger partial charge in [-0.2, -0.15) is 0 Å². The fraction of sp³-hybridized carbons (Fsp3) is 1.00. The lowest BCUT2D eigenvalue weighted by atomic mass is 10.0. The van der Waals surface area contributed by atoms with Crippen molar-refractivity contribution in [3.8, 4) is 0 Å². The van der Waals surface area contributed by atoms with Crippen molar-refractivity contribution in [1.82, 2.24) is 5.32 Å². The zero-order chi connectivity index (χ0) is 9.40. The van der Waals surface area contributed by atoms with Crippen LogP contribution in [0.15, 0.2) is 0 Å². The summed E-state index contributed by atoms with van der Waals surface area (Å²) in [5.74, 6) is 0.918. The molecule has 0 radical (unpaired) electrons. The van der Waals surface area contributed by atoms with E-state index in [9.17, 15) is 0 Å². The number of rotatable bonds is 3. The monoisotopic (exact) mass is 171 g/mol. The van der Waals surface area contributed by atoms with Crippen LogP contribution >= 0.6 is 0 Å². The standard InChI is InChI=1S/C9H19N.C2H6/c1-3-4-5-9-6-8(2)7-10-9;1-2/h8-10H,3-7H2,1-2H3;1-2H3. The summed E-state index contributed by atoms with van der Waals surface area (Å²) in [5, 5.41) is 3.54. The van der Waals surface area contributed by atoms with Crippen LogP contribution in [-0.2, 0) is 0 Å². The highest BCUT2D eigenvalue weighted by atomic mass is 14.9. The third-order valence-corrected chi connectivity index (χ3v) is 2.35. The highest BCUT2D eigenvalue weighted by Gasteiger charge is 2.18. The molecule has 12 heavy (non-hydrogen) atoms. The molecule has 0 aromatic carbocycles. The van der Waals surface area contributed by atoms with Gasteiger partial charge in [0.25, 0.3) is 0 Å². The van der Waals surface area contributed by atoms with E-state index in [0.29, 0.717) is 0 Å². The van der Waals surface area contributed by atoms with Gasteiger partial charge in [-0.1, -0.05) is 40.5 Å². The summed E-state index contributed by atoms with van der Waals surface area (Å²) in [4.78, 5) is 0. The third-order valence-electron chi connectivity index (χ3n) is 2.35. The molecule has 0 saturated carbocycles. The van der Waals surface area contributed by atoms with Gasteiger partial charge in [0, 0.05) is 6.04 Å². The first-order chi connectivity index (χ1) is 5.83. The lowest BCUT2D eigenvalue weighted by Crippen LogP contribution is -2.20. The molecule has 1 nitrogen and oxygen atoms in total. The molecule has 0 aliphatic carbocycles. The fourth-order valence-corrected chi connectivity index (χ4v) is 1.69. The minimum Gasteiger partial charge on any atom is -0.314 e. The molecule has 2 unspecified atom stereocenters. The average Bonchev–Trinajstić information content (AvgIpc) is 2.51. The molecular formula is C11H25N. The Bertz CT molecular complexity index is 91.0. The fourth-order valence-electron chi connectivity index (χ4n) is 1.69. The van der Waals surface area contributed by atoms with Gasteiger partial charge >= 0.3 is 0 Å². The molecule has 1 aliphatic rings. The number of unbranched alkanes of at least 4 members (excludes halogenated alkanes) is 1.